The maximum absolute atomic E-state index is 13.8. The van der Waals surface area contributed by atoms with Gasteiger partial charge >= 0.3 is 0 Å². The van der Waals surface area contributed by atoms with Crippen molar-refractivity contribution in [3.8, 4) is 5.75 Å². The minimum atomic E-state index is -0.718. The fraction of sp³-hybridized carbons (Fsp3) is 0.273. The SMILES string of the molecule is COc1ccccc1/C=C/C(=O)N1CCC(C(=O)c2cc(F)ccc2F)CC1. The topological polar surface area (TPSA) is 46.6 Å². The van der Waals surface area contributed by atoms with Gasteiger partial charge in [-0.25, -0.2) is 8.78 Å². The second-order valence-corrected chi connectivity index (χ2v) is 6.66. The molecule has 1 aliphatic heterocycles. The molecule has 0 atom stereocenters. The summed E-state index contributed by atoms with van der Waals surface area (Å²) in [6, 6.07) is 10.3. The average molecular weight is 385 g/mol. The van der Waals surface area contributed by atoms with Crippen LogP contribution in [0.1, 0.15) is 28.8 Å². The quantitative estimate of drug-likeness (QED) is 0.575. The monoisotopic (exact) mass is 385 g/mol. The molecule has 1 aliphatic rings. The van der Waals surface area contributed by atoms with E-state index in [0.717, 1.165) is 23.8 Å². The Balaban J connectivity index is 1.60. The van der Waals surface area contributed by atoms with Crippen LogP contribution in [-0.4, -0.2) is 36.8 Å². The van der Waals surface area contributed by atoms with Crippen LogP contribution < -0.4 is 4.74 Å². The van der Waals surface area contributed by atoms with Crippen molar-refractivity contribution >= 4 is 17.8 Å². The molecule has 4 nitrogen and oxygen atoms in total. The molecule has 1 amide bonds. The Bertz CT molecular complexity index is 902. The first-order valence-electron chi connectivity index (χ1n) is 9.09. The Hall–Kier alpha value is -3.02. The van der Waals surface area contributed by atoms with E-state index in [4.69, 9.17) is 4.74 Å². The van der Waals surface area contributed by atoms with Crippen LogP contribution in [0.5, 0.6) is 5.75 Å². The van der Waals surface area contributed by atoms with Crippen LogP contribution in [0.15, 0.2) is 48.5 Å². The minimum Gasteiger partial charge on any atom is -0.496 e. The number of carbonyl (C=O) groups is 2. The molecule has 0 unspecified atom stereocenters. The number of hydrogen-bond donors (Lipinski definition) is 0. The van der Waals surface area contributed by atoms with Gasteiger partial charge in [-0.15, -0.1) is 0 Å². The van der Waals surface area contributed by atoms with Crippen molar-refractivity contribution in [1.82, 2.24) is 4.90 Å². The van der Waals surface area contributed by atoms with E-state index in [9.17, 15) is 18.4 Å². The first-order valence-corrected chi connectivity index (χ1v) is 9.09. The number of likely N-dealkylation sites (tertiary alicyclic amines) is 1. The van der Waals surface area contributed by atoms with Crippen LogP contribution in [-0.2, 0) is 4.79 Å². The second kappa shape index (κ2) is 8.78. The summed E-state index contributed by atoms with van der Waals surface area (Å²) in [5, 5.41) is 0. The van der Waals surface area contributed by atoms with Gasteiger partial charge in [0, 0.05) is 30.6 Å². The standard InChI is InChI=1S/C22H21F2NO3/c1-28-20-5-3-2-4-15(20)6-9-21(26)25-12-10-16(11-13-25)22(27)18-14-17(23)7-8-19(18)24/h2-9,14,16H,10-13H2,1H3/b9-6+. The summed E-state index contributed by atoms with van der Waals surface area (Å²) in [6.45, 7) is 0.783. The summed E-state index contributed by atoms with van der Waals surface area (Å²) in [7, 11) is 1.57. The molecule has 2 aromatic carbocycles. The molecule has 6 heteroatoms. The maximum atomic E-state index is 13.8. The molecule has 28 heavy (non-hydrogen) atoms. The van der Waals surface area contributed by atoms with E-state index in [1.54, 1.807) is 18.1 Å². The predicted octanol–water partition coefficient (Wildman–Crippen LogP) is 4.11. The summed E-state index contributed by atoms with van der Waals surface area (Å²) < 4.78 is 32.4. The first kappa shape index (κ1) is 19.7. The Morgan fingerprint density at radius 3 is 2.54 bits per heavy atom. The molecule has 2 aromatic rings. The molecule has 0 aliphatic carbocycles. The highest BCUT2D eigenvalue weighted by Crippen LogP contribution is 2.24. The number of rotatable bonds is 5. The molecule has 0 radical (unpaired) electrons. The van der Waals surface area contributed by atoms with Gasteiger partial charge in [-0.3, -0.25) is 9.59 Å². The number of Topliss-reactive ketones (excluding diaryl/α,β-unsaturated/α-hetero) is 1. The lowest BCUT2D eigenvalue weighted by atomic mass is 9.88. The third-order valence-electron chi connectivity index (χ3n) is 4.92. The number of methoxy groups -OCH3 is 1. The van der Waals surface area contributed by atoms with Gasteiger partial charge in [-0.1, -0.05) is 18.2 Å². The number of halogens is 2. The zero-order valence-electron chi connectivity index (χ0n) is 15.5. The lowest BCUT2D eigenvalue weighted by Crippen LogP contribution is -2.39. The zero-order chi connectivity index (χ0) is 20.1. The van der Waals surface area contributed by atoms with Crippen molar-refractivity contribution in [3.05, 3.63) is 71.3 Å². The van der Waals surface area contributed by atoms with Crippen molar-refractivity contribution in [2.24, 2.45) is 5.92 Å². The number of ether oxygens (including phenoxy) is 1. The molecule has 1 saturated heterocycles. The number of amides is 1. The van der Waals surface area contributed by atoms with Crippen LogP contribution in [0.4, 0.5) is 8.78 Å². The van der Waals surface area contributed by atoms with Crippen molar-refractivity contribution in [2.45, 2.75) is 12.8 Å². The lowest BCUT2D eigenvalue weighted by Gasteiger charge is -2.30. The van der Waals surface area contributed by atoms with E-state index in [1.165, 1.54) is 6.08 Å². The summed E-state index contributed by atoms with van der Waals surface area (Å²) >= 11 is 0. The predicted molar refractivity (Wildman–Crippen MR) is 102 cm³/mol. The Morgan fingerprint density at radius 1 is 1.11 bits per heavy atom. The summed E-state index contributed by atoms with van der Waals surface area (Å²) in [4.78, 5) is 26.6. The molecule has 1 fully saturated rings. The van der Waals surface area contributed by atoms with Crippen LogP contribution in [0.2, 0.25) is 0 Å². The third kappa shape index (κ3) is 4.44. The molecule has 0 aromatic heterocycles. The molecule has 0 bridgehead atoms. The Kier molecular flexibility index (Phi) is 6.19. The third-order valence-corrected chi connectivity index (χ3v) is 4.92. The highest BCUT2D eigenvalue weighted by Gasteiger charge is 2.28. The average Bonchev–Trinajstić information content (AvgIpc) is 2.73. The van der Waals surface area contributed by atoms with Crippen LogP contribution >= 0.6 is 0 Å². The molecular weight excluding hydrogens is 364 g/mol. The smallest absolute Gasteiger partial charge is 0.246 e. The number of para-hydroxylation sites is 1. The van der Waals surface area contributed by atoms with Gasteiger partial charge in [0.15, 0.2) is 5.78 Å². The van der Waals surface area contributed by atoms with Gasteiger partial charge in [0.05, 0.1) is 12.7 Å². The zero-order valence-corrected chi connectivity index (χ0v) is 15.5. The summed E-state index contributed by atoms with van der Waals surface area (Å²) in [5.41, 5.74) is 0.575. The van der Waals surface area contributed by atoms with Crippen LogP contribution in [0.3, 0.4) is 0 Å². The fourth-order valence-electron chi connectivity index (χ4n) is 3.34. The Labute approximate surface area is 162 Å². The first-order chi connectivity index (χ1) is 13.5. The fourth-order valence-corrected chi connectivity index (χ4v) is 3.34. The molecule has 1 heterocycles. The number of benzene rings is 2. The van der Waals surface area contributed by atoms with Crippen LogP contribution in [0.25, 0.3) is 6.08 Å². The number of piperidine rings is 1. The van der Waals surface area contributed by atoms with Gasteiger partial charge in [-0.05, 0) is 43.2 Å². The van der Waals surface area contributed by atoms with E-state index < -0.39 is 23.3 Å². The number of hydrogen-bond acceptors (Lipinski definition) is 3. The minimum absolute atomic E-state index is 0.159. The molecule has 0 saturated carbocycles. The second-order valence-electron chi connectivity index (χ2n) is 6.66. The van der Waals surface area contributed by atoms with Gasteiger partial charge in [0.1, 0.15) is 17.4 Å². The molecule has 0 spiro atoms. The molecule has 3 rings (SSSR count). The number of ketones is 1. The van der Waals surface area contributed by atoms with E-state index in [-0.39, 0.29) is 11.5 Å². The van der Waals surface area contributed by atoms with E-state index >= 15 is 0 Å². The number of carbonyl (C=O) groups excluding carboxylic acids is 2. The molecular formula is C22H21F2NO3. The van der Waals surface area contributed by atoms with Crippen LogP contribution in [0, 0.1) is 17.6 Å². The van der Waals surface area contributed by atoms with Crippen molar-refractivity contribution in [2.75, 3.05) is 20.2 Å². The summed E-state index contributed by atoms with van der Waals surface area (Å²) in [6.07, 6.45) is 4.01. The van der Waals surface area contributed by atoms with E-state index in [0.29, 0.717) is 31.7 Å². The normalized spacial score (nSPS) is 15.0. The molecule has 146 valence electrons. The summed E-state index contributed by atoms with van der Waals surface area (Å²) in [5.74, 6) is -1.67. The highest BCUT2D eigenvalue weighted by atomic mass is 19.1. The highest BCUT2D eigenvalue weighted by molar-refractivity contribution is 5.98. The van der Waals surface area contributed by atoms with Gasteiger partial charge in [0.25, 0.3) is 0 Å². The van der Waals surface area contributed by atoms with Crippen molar-refractivity contribution in [3.63, 3.8) is 0 Å². The maximum Gasteiger partial charge on any atom is 0.246 e. The lowest BCUT2D eigenvalue weighted by molar-refractivity contribution is -0.127. The van der Waals surface area contributed by atoms with Crippen molar-refractivity contribution < 1.29 is 23.1 Å². The van der Waals surface area contributed by atoms with E-state index in [2.05, 4.69) is 0 Å². The Morgan fingerprint density at radius 2 is 1.82 bits per heavy atom. The van der Waals surface area contributed by atoms with Gasteiger partial charge in [0.2, 0.25) is 5.91 Å². The molecule has 0 N–H and O–H groups in total. The van der Waals surface area contributed by atoms with E-state index in [1.807, 2.05) is 24.3 Å². The van der Waals surface area contributed by atoms with Crippen molar-refractivity contribution in [1.29, 1.82) is 0 Å². The largest absolute Gasteiger partial charge is 0.496 e. The van der Waals surface area contributed by atoms with Gasteiger partial charge in [-0.2, -0.15) is 0 Å². The number of nitrogens with zero attached hydrogens (tertiary/aromatic N) is 1. The van der Waals surface area contributed by atoms with Gasteiger partial charge < -0.3 is 9.64 Å².